The standard InChI is InChI=1S/C11H13N5O8S2/c1-24-15-7(4-3-25-11(12)13-4)9(19)14-8-5(2-6(17)18)16(10(8)20)26(21,22)23/h3,5,8H,2H2,1H3,(H2,12,13)(H,14,19)(H,17,18)(H,21,22,23)/b15-7-/t5-,8-/m0/s1. The van der Waals surface area contributed by atoms with Gasteiger partial charge in [0.05, 0.1) is 12.5 Å². The summed E-state index contributed by atoms with van der Waals surface area (Å²) < 4.78 is 31.4. The lowest BCUT2D eigenvalue weighted by molar-refractivity contribution is -0.149. The third-order valence-electron chi connectivity index (χ3n) is 3.25. The molecule has 2 amide bonds. The largest absolute Gasteiger partial charge is 0.481 e. The van der Waals surface area contributed by atoms with Crippen LogP contribution in [-0.2, 0) is 29.5 Å². The molecule has 1 aliphatic rings. The summed E-state index contributed by atoms with van der Waals surface area (Å²) in [5, 5.41) is 16.0. The number of aromatic nitrogens is 1. The molecule has 26 heavy (non-hydrogen) atoms. The minimum Gasteiger partial charge on any atom is -0.481 e. The number of carbonyl (C=O) groups excluding carboxylic acids is 2. The Kier molecular flexibility index (Phi) is 5.43. The number of aliphatic carboxylic acids is 1. The molecule has 1 aromatic heterocycles. The summed E-state index contributed by atoms with van der Waals surface area (Å²) in [5.74, 6) is -3.60. The molecule has 1 aliphatic heterocycles. The van der Waals surface area contributed by atoms with E-state index in [-0.39, 0.29) is 20.8 Å². The van der Waals surface area contributed by atoms with Crippen molar-refractivity contribution in [3.8, 4) is 0 Å². The lowest BCUT2D eigenvalue weighted by atomic mass is 9.95. The van der Waals surface area contributed by atoms with E-state index in [1.165, 1.54) is 5.38 Å². The molecule has 1 fully saturated rings. The van der Waals surface area contributed by atoms with Crippen LogP contribution >= 0.6 is 11.3 Å². The van der Waals surface area contributed by atoms with E-state index in [0.717, 1.165) is 18.4 Å². The normalized spacial score (nSPS) is 20.5. The molecule has 15 heteroatoms. The van der Waals surface area contributed by atoms with Gasteiger partial charge in [-0.3, -0.25) is 18.9 Å². The number of thiazole rings is 1. The molecule has 2 heterocycles. The Hall–Kier alpha value is -2.78. The monoisotopic (exact) mass is 407 g/mol. The van der Waals surface area contributed by atoms with Gasteiger partial charge in [-0.05, 0) is 0 Å². The number of nitrogens with two attached hydrogens (primary N) is 1. The van der Waals surface area contributed by atoms with Crippen LogP contribution in [0.25, 0.3) is 0 Å². The highest BCUT2D eigenvalue weighted by Gasteiger charge is 2.54. The molecule has 142 valence electrons. The van der Waals surface area contributed by atoms with E-state index in [2.05, 4.69) is 20.3 Å². The number of anilines is 1. The van der Waals surface area contributed by atoms with E-state index < -0.39 is 46.6 Å². The summed E-state index contributed by atoms with van der Waals surface area (Å²) in [6, 6.07) is -3.00. The van der Waals surface area contributed by atoms with Crippen molar-refractivity contribution in [2.24, 2.45) is 5.16 Å². The van der Waals surface area contributed by atoms with Gasteiger partial charge in [-0.25, -0.2) is 9.29 Å². The predicted molar refractivity (Wildman–Crippen MR) is 86.4 cm³/mol. The maximum atomic E-state index is 12.4. The average molecular weight is 407 g/mol. The summed E-state index contributed by atoms with van der Waals surface area (Å²) in [6.45, 7) is 0. The van der Waals surface area contributed by atoms with Crippen molar-refractivity contribution in [3.63, 3.8) is 0 Å². The fourth-order valence-electron chi connectivity index (χ4n) is 2.24. The number of carbonyl (C=O) groups is 3. The van der Waals surface area contributed by atoms with E-state index in [9.17, 15) is 22.8 Å². The maximum absolute atomic E-state index is 12.4. The summed E-state index contributed by atoms with van der Waals surface area (Å²) in [5.41, 5.74) is 5.16. The smallest absolute Gasteiger partial charge is 0.362 e. The summed E-state index contributed by atoms with van der Waals surface area (Å²) in [6.07, 6.45) is -0.823. The Balaban J connectivity index is 2.24. The van der Waals surface area contributed by atoms with Crippen LogP contribution in [0.2, 0.25) is 0 Å². The molecule has 1 saturated heterocycles. The van der Waals surface area contributed by atoms with Gasteiger partial charge < -0.3 is 21.0 Å². The quantitative estimate of drug-likeness (QED) is 0.170. The van der Waals surface area contributed by atoms with Crippen molar-refractivity contribution in [1.82, 2.24) is 14.6 Å². The summed E-state index contributed by atoms with van der Waals surface area (Å²) in [7, 11) is -3.81. The molecule has 0 spiro atoms. The Bertz CT molecular complexity index is 879. The minimum absolute atomic E-state index is 0.0139. The van der Waals surface area contributed by atoms with Gasteiger partial charge in [0.2, 0.25) is 0 Å². The van der Waals surface area contributed by atoms with Crippen molar-refractivity contribution >= 4 is 50.3 Å². The highest BCUT2D eigenvalue weighted by atomic mass is 32.2. The van der Waals surface area contributed by atoms with Crippen molar-refractivity contribution < 1.29 is 37.3 Å². The zero-order chi connectivity index (χ0) is 19.6. The summed E-state index contributed by atoms with van der Waals surface area (Å²) >= 11 is 1.01. The van der Waals surface area contributed by atoms with Crippen LogP contribution in [-0.4, -0.2) is 70.1 Å². The van der Waals surface area contributed by atoms with E-state index in [0.29, 0.717) is 0 Å². The average Bonchev–Trinajstić information content (AvgIpc) is 2.94. The van der Waals surface area contributed by atoms with Crippen LogP contribution in [0.15, 0.2) is 10.5 Å². The van der Waals surface area contributed by atoms with Gasteiger partial charge in [-0.15, -0.1) is 11.3 Å². The number of nitrogens with zero attached hydrogens (tertiary/aromatic N) is 3. The third kappa shape index (κ3) is 3.89. The number of β-lactam (4-membered cyclic amide) rings is 1. The van der Waals surface area contributed by atoms with Crippen molar-refractivity contribution in [2.75, 3.05) is 12.8 Å². The Morgan fingerprint density at radius 2 is 2.19 bits per heavy atom. The topological polar surface area (TPSA) is 202 Å². The number of oxime groups is 1. The van der Waals surface area contributed by atoms with Crippen LogP contribution < -0.4 is 11.1 Å². The zero-order valence-electron chi connectivity index (χ0n) is 13.0. The number of amides is 2. The Morgan fingerprint density at radius 3 is 2.65 bits per heavy atom. The van der Waals surface area contributed by atoms with Crippen molar-refractivity contribution in [2.45, 2.75) is 18.5 Å². The third-order valence-corrected chi connectivity index (χ3v) is 4.87. The molecule has 2 rings (SSSR count). The van der Waals surface area contributed by atoms with Crippen LogP contribution in [0.1, 0.15) is 12.1 Å². The van der Waals surface area contributed by atoms with Gasteiger partial charge in [-0.1, -0.05) is 5.16 Å². The number of rotatable bonds is 7. The highest BCUT2D eigenvalue weighted by Crippen LogP contribution is 2.26. The van der Waals surface area contributed by atoms with E-state index in [4.69, 9.17) is 15.4 Å². The van der Waals surface area contributed by atoms with Crippen LogP contribution in [0.5, 0.6) is 0 Å². The van der Waals surface area contributed by atoms with Crippen molar-refractivity contribution in [3.05, 3.63) is 11.1 Å². The first-order chi connectivity index (χ1) is 12.1. The Labute approximate surface area is 150 Å². The second kappa shape index (κ2) is 7.22. The maximum Gasteiger partial charge on any atom is 0.362 e. The molecule has 0 radical (unpaired) electrons. The molecule has 13 nitrogen and oxygen atoms in total. The second-order valence-electron chi connectivity index (χ2n) is 4.92. The van der Waals surface area contributed by atoms with E-state index in [1.54, 1.807) is 0 Å². The van der Waals surface area contributed by atoms with Gasteiger partial charge in [-0.2, -0.15) is 8.42 Å². The first-order valence-electron chi connectivity index (χ1n) is 6.72. The molecule has 2 atom stereocenters. The number of nitrogen functional groups attached to an aromatic ring is 1. The van der Waals surface area contributed by atoms with E-state index in [1.807, 2.05) is 0 Å². The first-order valence-corrected chi connectivity index (χ1v) is 8.99. The molecular weight excluding hydrogens is 394 g/mol. The molecule has 0 aromatic carbocycles. The predicted octanol–water partition coefficient (Wildman–Crippen LogP) is -1.95. The van der Waals surface area contributed by atoms with Gasteiger partial charge in [0.25, 0.3) is 11.8 Å². The zero-order valence-corrected chi connectivity index (χ0v) is 14.7. The summed E-state index contributed by atoms with van der Waals surface area (Å²) in [4.78, 5) is 43.5. The number of carboxylic acid groups (broad SMARTS) is 1. The minimum atomic E-state index is -4.97. The second-order valence-corrected chi connectivity index (χ2v) is 7.10. The molecule has 0 saturated carbocycles. The number of hydrogen-bond donors (Lipinski definition) is 4. The van der Waals surface area contributed by atoms with E-state index >= 15 is 0 Å². The lowest BCUT2D eigenvalue weighted by Crippen LogP contribution is -2.72. The Morgan fingerprint density at radius 1 is 1.54 bits per heavy atom. The molecule has 1 aromatic rings. The van der Waals surface area contributed by atoms with Gasteiger partial charge >= 0.3 is 16.3 Å². The number of carboxylic acids is 1. The number of hydrogen-bond acceptors (Lipinski definition) is 10. The van der Waals surface area contributed by atoms with Gasteiger partial charge in [0.15, 0.2) is 10.8 Å². The molecular formula is C11H13N5O8S2. The lowest BCUT2D eigenvalue weighted by Gasteiger charge is -2.43. The molecule has 0 aliphatic carbocycles. The van der Waals surface area contributed by atoms with Crippen molar-refractivity contribution in [1.29, 1.82) is 0 Å². The molecule has 0 unspecified atom stereocenters. The first kappa shape index (κ1) is 19.5. The SMILES string of the molecule is CO/N=C(\C(=O)N[C@@H]1C(=O)N(S(=O)(=O)O)[C@H]1CC(=O)O)c1csc(N)n1. The van der Waals surface area contributed by atoms with Crippen LogP contribution in [0.3, 0.4) is 0 Å². The number of nitrogens with one attached hydrogen (secondary N) is 1. The molecule has 0 bridgehead atoms. The van der Waals surface area contributed by atoms with Crippen LogP contribution in [0.4, 0.5) is 5.13 Å². The highest BCUT2D eigenvalue weighted by molar-refractivity contribution is 7.84. The fraction of sp³-hybridized carbons (Fsp3) is 0.364. The molecule has 5 N–H and O–H groups in total. The van der Waals surface area contributed by atoms with Gasteiger partial charge in [0.1, 0.15) is 18.8 Å². The van der Waals surface area contributed by atoms with Gasteiger partial charge in [0, 0.05) is 5.38 Å². The van der Waals surface area contributed by atoms with Crippen LogP contribution in [0, 0.1) is 0 Å². The fourth-order valence-corrected chi connectivity index (χ4v) is 3.67.